The number of aliphatic hydroxyl groups is 1. The van der Waals surface area contributed by atoms with Gasteiger partial charge >= 0.3 is 5.97 Å². The molecular formula is C25H34O5. The molecule has 30 heavy (non-hydrogen) atoms. The van der Waals surface area contributed by atoms with Gasteiger partial charge in [0.25, 0.3) is 0 Å². The molecule has 1 aliphatic heterocycles. The third-order valence-electron chi connectivity index (χ3n) is 9.79. The van der Waals surface area contributed by atoms with E-state index in [1.54, 1.807) is 0 Å². The molecular weight excluding hydrogens is 380 g/mol. The molecule has 7 atom stereocenters. The minimum Gasteiger partial charge on any atom is -0.469 e. The van der Waals surface area contributed by atoms with Crippen LogP contribution in [0, 0.1) is 46.8 Å². The highest BCUT2D eigenvalue weighted by Crippen LogP contribution is 2.68. The SMILES string of the molecule is C#CC1(O)CCC2C3C(=CCC21C)C1(C)CCC2(CC1CC3C(=O)OC)OCCO2. The average molecular weight is 415 g/mol. The fourth-order valence-corrected chi connectivity index (χ4v) is 7.88. The average Bonchev–Trinajstić information content (AvgIpc) is 3.30. The number of esters is 1. The molecule has 5 heteroatoms. The van der Waals surface area contributed by atoms with Crippen LogP contribution in [0.2, 0.25) is 0 Å². The van der Waals surface area contributed by atoms with Crippen molar-refractivity contribution >= 4 is 5.97 Å². The zero-order valence-electron chi connectivity index (χ0n) is 18.4. The lowest BCUT2D eigenvalue weighted by atomic mass is 9.45. The summed E-state index contributed by atoms with van der Waals surface area (Å²) in [6, 6.07) is 0. The van der Waals surface area contributed by atoms with Crippen molar-refractivity contribution < 1.29 is 24.1 Å². The fraction of sp³-hybridized carbons (Fsp3) is 0.800. The molecule has 5 rings (SSSR count). The van der Waals surface area contributed by atoms with Crippen molar-refractivity contribution in [1.29, 1.82) is 0 Å². The van der Waals surface area contributed by atoms with Gasteiger partial charge in [-0.05, 0) is 55.3 Å². The monoisotopic (exact) mass is 414 g/mol. The minimum atomic E-state index is -1.11. The Balaban J connectivity index is 1.57. The molecule has 7 unspecified atom stereocenters. The lowest BCUT2D eigenvalue weighted by Gasteiger charge is -2.60. The number of terminal acetylenes is 1. The molecule has 0 aromatic heterocycles. The maximum Gasteiger partial charge on any atom is 0.309 e. The van der Waals surface area contributed by atoms with Crippen LogP contribution in [0.4, 0.5) is 0 Å². The van der Waals surface area contributed by atoms with Crippen LogP contribution in [0.1, 0.15) is 58.8 Å². The number of carbonyl (C=O) groups is 1. The van der Waals surface area contributed by atoms with E-state index < -0.39 is 16.8 Å². The maximum atomic E-state index is 13.0. The molecule has 1 heterocycles. The van der Waals surface area contributed by atoms with Crippen LogP contribution >= 0.6 is 0 Å². The first-order chi connectivity index (χ1) is 14.2. The molecule has 164 valence electrons. The second-order valence-corrected chi connectivity index (χ2v) is 10.7. The Morgan fingerprint density at radius 1 is 1.27 bits per heavy atom. The summed E-state index contributed by atoms with van der Waals surface area (Å²) in [5.74, 6) is 2.48. The molecule has 5 aliphatic rings. The van der Waals surface area contributed by atoms with Crippen molar-refractivity contribution in [2.45, 2.75) is 70.2 Å². The van der Waals surface area contributed by atoms with Gasteiger partial charge in [-0.2, -0.15) is 0 Å². The molecule has 3 saturated carbocycles. The third-order valence-corrected chi connectivity index (χ3v) is 9.79. The van der Waals surface area contributed by atoms with Gasteiger partial charge in [0.15, 0.2) is 5.79 Å². The number of methoxy groups -OCH3 is 1. The van der Waals surface area contributed by atoms with Crippen LogP contribution in [0.25, 0.3) is 0 Å². The lowest BCUT2D eigenvalue weighted by molar-refractivity contribution is -0.212. The van der Waals surface area contributed by atoms with E-state index >= 15 is 0 Å². The van der Waals surface area contributed by atoms with Crippen molar-refractivity contribution in [1.82, 2.24) is 0 Å². The summed E-state index contributed by atoms with van der Waals surface area (Å²) < 4.78 is 17.4. The number of allylic oxidation sites excluding steroid dienone is 2. The highest BCUT2D eigenvalue weighted by molar-refractivity contribution is 5.74. The first-order valence-electron chi connectivity index (χ1n) is 11.5. The summed E-state index contributed by atoms with van der Waals surface area (Å²) in [5, 5.41) is 11.2. The van der Waals surface area contributed by atoms with Gasteiger partial charge in [-0.1, -0.05) is 31.4 Å². The van der Waals surface area contributed by atoms with Gasteiger partial charge in [0.05, 0.1) is 26.2 Å². The first-order valence-corrected chi connectivity index (χ1v) is 11.5. The topological polar surface area (TPSA) is 65.0 Å². The van der Waals surface area contributed by atoms with Gasteiger partial charge in [0.2, 0.25) is 0 Å². The Morgan fingerprint density at radius 2 is 2.00 bits per heavy atom. The molecule has 4 aliphatic carbocycles. The Bertz CT molecular complexity index is 820. The lowest BCUT2D eigenvalue weighted by Crippen LogP contribution is -2.57. The highest BCUT2D eigenvalue weighted by Gasteiger charge is 2.66. The van der Waals surface area contributed by atoms with E-state index in [0.717, 1.165) is 38.5 Å². The number of carbonyl (C=O) groups excluding carboxylic acids is 1. The standard InChI is InChI=1S/C25H34O5/c1-5-24(27)9-7-19-20-17(21(26)28-4)14-16-15-25(29-12-13-30-25)11-10-22(16,2)18(20)6-8-23(19,24)3/h1,6,16-17,19-20,27H,7-15H2,2-4H3. The van der Waals surface area contributed by atoms with Gasteiger partial charge in [0, 0.05) is 18.3 Å². The Kier molecular flexibility index (Phi) is 4.50. The molecule has 1 spiro atoms. The largest absolute Gasteiger partial charge is 0.469 e. The van der Waals surface area contributed by atoms with Gasteiger partial charge in [-0.15, -0.1) is 6.42 Å². The summed E-state index contributed by atoms with van der Waals surface area (Å²) in [6.45, 7) is 5.80. The molecule has 1 saturated heterocycles. The summed E-state index contributed by atoms with van der Waals surface area (Å²) in [7, 11) is 1.49. The summed E-state index contributed by atoms with van der Waals surface area (Å²) in [6.07, 6.45) is 13.8. The van der Waals surface area contributed by atoms with Crippen LogP contribution in [0.3, 0.4) is 0 Å². The summed E-state index contributed by atoms with van der Waals surface area (Å²) in [4.78, 5) is 13.0. The van der Waals surface area contributed by atoms with Crippen molar-refractivity contribution in [3.05, 3.63) is 11.6 Å². The van der Waals surface area contributed by atoms with Crippen LogP contribution < -0.4 is 0 Å². The quantitative estimate of drug-likeness (QED) is 0.404. The third kappa shape index (κ3) is 2.51. The van der Waals surface area contributed by atoms with Crippen LogP contribution in [-0.4, -0.2) is 42.8 Å². The molecule has 0 radical (unpaired) electrons. The molecule has 5 nitrogen and oxygen atoms in total. The van der Waals surface area contributed by atoms with Crippen molar-refractivity contribution in [2.24, 2.45) is 34.5 Å². The van der Waals surface area contributed by atoms with Gasteiger partial charge in [-0.25, -0.2) is 0 Å². The second kappa shape index (κ2) is 6.58. The van der Waals surface area contributed by atoms with Crippen molar-refractivity contribution in [2.75, 3.05) is 20.3 Å². The Hall–Kier alpha value is -1.35. The number of ether oxygens (including phenoxy) is 3. The van der Waals surface area contributed by atoms with E-state index in [1.165, 1.54) is 12.7 Å². The van der Waals surface area contributed by atoms with Crippen molar-refractivity contribution in [3.8, 4) is 12.3 Å². The van der Waals surface area contributed by atoms with E-state index in [0.29, 0.717) is 25.6 Å². The number of hydrogen-bond acceptors (Lipinski definition) is 5. The molecule has 0 amide bonds. The molecule has 4 fully saturated rings. The zero-order chi connectivity index (χ0) is 21.4. The van der Waals surface area contributed by atoms with E-state index in [2.05, 4.69) is 25.8 Å². The maximum absolute atomic E-state index is 13.0. The van der Waals surface area contributed by atoms with E-state index in [9.17, 15) is 9.90 Å². The molecule has 0 aromatic rings. The smallest absolute Gasteiger partial charge is 0.309 e. The summed E-state index contributed by atoms with van der Waals surface area (Å²) in [5.41, 5.74) is -0.0987. The van der Waals surface area contributed by atoms with Crippen LogP contribution in [-0.2, 0) is 19.0 Å². The first kappa shape index (κ1) is 20.5. The van der Waals surface area contributed by atoms with Crippen LogP contribution in [0.5, 0.6) is 0 Å². The molecule has 0 bridgehead atoms. The Morgan fingerprint density at radius 3 is 2.67 bits per heavy atom. The summed E-state index contributed by atoms with van der Waals surface area (Å²) >= 11 is 0. The molecule has 0 aromatic carbocycles. The van der Waals surface area contributed by atoms with E-state index in [1.807, 2.05) is 0 Å². The van der Waals surface area contributed by atoms with Crippen LogP contribution in [0.15, 0.2) is 11.6 Å². The molecule has 1 N–H and O–H groups in total. The van der Waals surface area contributed by atoms with Gasteiger partial charge in [0.1, 0.15) is 5.60 Å². The Labute approximate surface area is 179 Å². The predicted molar refractivity (Wildman–Crippen MR) is 111 cm³/mol. The normalized spacial score (nSPS) is 48.8. The highest BCUT2D eigenvalue weighted by atomic mass is 16.7. The predicted octanol–water partition coefficient (Wildman–Crippen LogP) is 3.46. The minimum absolute atomic E-state index is 0.0218. The van der Waals surface area contributed by atoms with Gasteiger partial charge < -0.3 is 19.3 Å². The number of rotatable bonds is 1. The number of hydrogen-bond donors (Lipinski definition) is 1. The second-order valence-electron chi connectivity index (χ2n) is 10.7. The fourth-order valence-electron chi connectivity index (χ4n) is 7.88. The van der Waals surface area contributed by atoms with Crippen molar-refractivity contribution in [3.63, 3.8) is 0 Å². The van der Waals surface area contributed by atoms with Gasteiger partial charge in [-0.3, -0.25) is 4.79 Å². The zero-order valence-corrected chi connectivity index (χ0v) is 18.4. The van der Waals surface area contributed by atoms with E-state index in [-0.39, 0.29) is 29.1 Å². The number of fused-ring (bicyclic) bond motifs is 5. The van der Waals surface area contributed by atoms with E-state index in [4.69, 9.17) is 20.6 Å².